The lowest BCUT2D eigenvalue weighted by Gasteiger charge is -2.58. The summed E-state index contributed by atoms with van der Waals surface area (Å²) in [5.74, 6) is 1.87. The van der Waals surface area contributed by atoms with Crippen molar-refractivity contribution in [2.75, 3.05) is 13.1 Å². The van der Waals surface area contributed by atoms with Gasteiger partial charge < -0.3 is 9.64 Å². The van der Waals surface area contributed by atoms with Crippen LogP contribution in [0, 0.1) is 28.6 Å². The Morgan fingerprint density at radius 1 is 1.09 bits per heavy atom. The van der Waals surface area contributed by atoms with Crippen LogP contribution in [0.2, 0.25) is 0 Å². The van der Waals surface area contributed by atoms with Gasteiger partial charge in [0.15, 0.2) is 0 Å². The highest BCUT2D eigenvalue weighted by Crippen LogP contribution is 2.66. The molecule has 5 aliphatic rings. The molecule has 7 atom stereocenters. The molecule has 188 valence electrons. The number of rotatable bonds is 3. The summed E-state index contributed by atoms with van der Waals surface area (Å²) in [6.07, 6.45) is 20.0. The predicted octanol–water partition coefficient (Wildman–Crippen LogP) is 6.43. The molecule has 4 heteroatoms. The van der Waals surface area contributed by atoms with Gasteiger partial charge in [-0.15, -0.1) is 0 Å². The molecule has 1 aromatic rings. The van der Waals surface area contributed by atoms with Crippen LogP contribution in [0.5, 0.6) is 0 Å². The highest BCUT2D eigenvalue weighted by atomic mass is 16.5. The van der Waals surface area contributed by atoms with Gasteiger partial charge in [-0.05, 0) is 117 Å². The van der Waals surface area contributed by atoms with Gasteiger partial charge in [0.2, 0.25) is 0 Å². The van der Waals surface area contributed by atoms with Crippen molar-refractivity contribution in [3.8, 4) is 0 Å². The minimum Gasteiger partial charge on any atom is -0.457 e. The first-order chi connectivity index (χ1) is 16.9. The number of carbonyl (C=O) groups excluding carboxylic acids is 1. The van der Waals surface area contributed by atoms with Gasteiger partial charge in [-0.25, -0.2) is 0 Å². The summed E-state index contributed by atoms with van der Waals surface area (Å²) < 4.78 is 6.11. The van der Waals surface area contributed by atoms with Gasteiger partial charge in [0.1, 0.15) is 6.10 Å². The van der Waals surface area contributed by atoms with Crippen LogP contribution in [0.1, 0.15) is 84.1 Å². The van der Waals surface area contributed by atoms with Crippen molar-refractivity contribution in [1.29, 1.82) is 0 Å². The molecule has 2 heterocycles. The van der Waals surface area contributed by atoms with Crippen molar-refractivity contribution < 1.29 is 9.53 Å². The average molecular weight is 475 g/mol. The zero-order valence-electron chi connectivity index (χ0n) is 21.8. The standard InChI is InChI=1S/C31H42N2O2/c1-21(34)35-29-23(18-22-10-14-32-15-11-22)19-28-26-7-6-24-20-25(33-16-4-5-17-33)8-12-30(24,2)27(26)9-13-31(28,29)3/h6,10-11,14-15,18,25-29H,4-5,7-9,12-13,16-17,19-20H2,1-3H3/b23-18+/t25-,26+,27-,28-,29-,30-,31-/m0/s1. The quantitative estimate of drug-likeness (QED) is 0.374. The fourth-order valence-electron chi connectivity index (χ4n) is 9.09. The maximum Gasteiger partial charge on any atom is 0.303 e. The molecule has 0 spiro atoms. The van der Waals surface area contributed by atoms with E-state index in [-0.39, 0.29) is 17.5 Å². The van der Waals surface area contributed by atoms with Gasteiger partial charge in [-0.1, -0.05) is 31.6 Å². The summed E-state index contributed by atoms with van der Waals surface area (Å²) >= 11 is 0. The van der Waals surface area contributed by atoms with Crippen molar-refractivity contribution in [2.24, 2.45) is 28.6 Å². The van der Waals surface area contributed by atoms with E-state index in [0.717, 1.165) is 30.4 Å². The molecule has 0 unspecified atom stereocenters. The summed E-state index contributed by atoms with van der Waals surface area (Å²) in [4.78, 5) is 19.2. The summed E-state index contributed by atoms with van der Waals surface area (Å²) in [6.45, 7) is 9.21. The van der Waals surface area contributed by atoms with Gasteiger partial charge in [-0.3, -0.25) is 9.78 Å². The molecule has 35 heavy (non-hydrogen) atoms. The number of likely N-dealkylation sites (tertiary alicyclic amines) is 1. The molecule has 0 bridgehead atoms. The third-order valence-corrected chi connectivity index (χ3v) is 10.9. The van der Waals surface area contributed by atoms with Crippen LogP contribution in [0.3, 0.4) is 0 Å². The van der Waals surface area contributed by atoms with Crippen molar-refractivity contribution in [3.63, 3.8) is 0 Å². The zero-order valence-corrected chi connectivity index (χ0v) is 21.8. The number of pyridine rings is 1. The number of ether oxygens (including phenoxy) is 1. The molecule has 0 aromatic carbocycles. The van der Waals surface area contributed by atoms with Crippen LogP contribution >= 0.6 is 0 Å². The number of fused-ring (bicyclic) bond motifs is 5. The molecule has 6 rings (SSSR count). The SMILES string of the molecule is CC(=O)O[C@H]1/C(=C/c2ccncc2)C[C@H]2[C@@H]3CC=C4C[C@@H](N5CCCC5)CC[C@]4(C)[C@H]3CC[C@]12C. The largest absolute Gasteiger partial charge is 0.457 e. The first-order valence-electron chi connectivity index (χ1n) is 14.1. The van der Waals surface area contributed by atoms with Gasteiger partial charge in [0.25, 0.3) is 0 Å². The van der Waals surface area contributed by atoms with Crippen molar-refractivity contribution in [1.82, 2.24) is 9.88 Å². The van der Waals surface area contributed by atoms with Crippen LogP contribution in [-0.2, 0) is 9.53 Å². The maximum absolute atomic E-state index is 12.2. The molecule has 0 amide bonds. The first kappa shape index (κ1) is 23.5. The second-order valence-corrected chi connectivity index (χ2v) is 12.6. The van der Waals surface area contributed by atoms with E-state index < -0.39 is 0 Å². The molecular weight excluding hydrogens is 432 g/mol. The minimum absolute atomic E-state index is 0.0279. The molecule has 4 nitrogen and oxygen atoms in total. The third-order valence-electron chi connectivity index (χ3n) is 10.9. The number of allylic oxidation sites excluding steroid dienone is 1. The van der Waals surface area contributed by atoms with Crippen LogP contribution in [0.15, 0.2) is 41.7 Å². The van der Waals surface area contributed by atoms with Crippen LogP contribution in [0.25, 0.3) is 6.08 Å². The molecule has 4 fully saturated rings. The fourth-order valence-corrected chi connectivity index (χ4v) is 9.09. The molecule has 1 aromatic heterocycles. The van der Waals surface area contributed by atoms with Crippen LogP contribution in [-0.4, -0.2) is 41.1 Å². The number of carbonyl (C=O) groups is 1. The second-order valence-electron chi connectivity index (χ2n) is 12.6. The van der Waals surface area contributed by atoms with E-state index in [1.807, 2.05) is 12.4 Å². The van der Waals surface area contributed by atoms with E-state index in [4.69, 9.17) is 4.74 Å². The average Bonchev–Trinajstić information content (AvgIpc) is 3.47. The summed E-state index contributed by atoms with van der Waals surface area (Å²) in [7, 11) is 0. The third kappa shape index (κ3) is 3.91. The summed E-state index contributed by atoms with van der Waals surface area (Å²) in [5.41, 5.74) is 4.61. The normalized spacial score (nSPS) is 42.2. The van der Waals surface area contributed by atoms with Gasteiger partial charge >= 0.3 is 5.97 Å². The maximum atomic E-state index is 12.2. The molecule has 1 saturated heterocycles. The zero-order chi connectivity index (χ0) is 24.2. The summed E-state index contributed by atoms with van der Waals surface area (Å²) in [6, 6.07) is 4.89. The number of hydrogen-bond donors (Lipinski definition) is 0. The molecular formula is C31H42N2O2. The van der Waals surface area contributed by atoms with Crippen molar-refractivity contribution in [2.45, 2.75) is 90.7 Å². The van der Waals surface area contributed by atoms with Crippen molar-refractivity contribution >= 4 is 12.0 Å². The molecule has 3 saturated carbocycles. The lowest BCUT2D eigenvalue weighted by Crippen LogP contribution is -2.52. The van der Waals surface area contributed by atoms with Gasteiger partial charge in [-0.2, -0.15) is 0 Å². The fraction of sp³-hybridized carbons (Fsp3) is 0.677. The predicted molar refractivity (Wildman–Crippen MR) is 139 cm³/mol. The van der Waals surface area contributed by atoms with E-state index in [1.165, 1.54) is 63.6 Å². The Labute approximate surface area is 211 Å². The van der Waals surface area contributed by atoms with Crippen LogP contribution < -0.4 is 0 Å². The van der Waals surface area contributed by atoms with Crippen molar-refractivity contribution in [3.05, 3.63) is 47.3 Å². The number of nitrogens with zero attached hydrogens (tertiary/aromatic N) is 2. The molecule has 1 aliphatic heterocycles. The van der Waals surface area contributed by atoms with E-state index >= 15 is 0 Å². The topological polar surface area (TPSA) is 42.4 Å². The van der Waals surface area contributed by atoms with E-state index in [0.29, 0.717) is 17.3 Å². The highest BCUT2D eigenvalue weighted by Gasteiger charge is 2.61. The molecule has 0 radical (unpaired) electrons. The number of esters is 1. The first-order valence-corrected chi connectivity index (χ1v) is 14.1. The Kier molecular flexibility index (Phi) is 5.94. The Bertz CT molecular complexity index is 1030. The molecule has 0 N–H and O–H groups in total. The van der Waals surface area contributed by atoms with E-state index in [9.17, 15) is 4.79 Å². The van der Waals surface area contributed by atoms with E-state index in [2.05, 4.69) is 48.0 Å². The molecule has 4 aliphatic carbocycles. The Morgan fingerprint density at radius 2 is 1.86 bits per heavy atom. The van der Waals surface area contributed by atoms with Gasteiger partial charge in [0.05, 0.1) is 0 Å². The summed E-state index contributed by atoms with van der Waals surface area (Å²) in [5, 5.41) is 0. The Morgan fingerprint density at radius 3 is 2.60 bits per heavy atom. The lowest BCUT2D eigenvalue weighted by atomic mass is 9.48. The monoisotopic (exact) mass is 474 g/mol. The Hall–Kier alpha value is -1.94. The smallest absolute Gasteiger partial charge is 0.303 e. The number of hydrogen-bond acceptors (Lipinski definition) is 4. The minimum atomic E-state index is -0.155. The number of aromatic nitrogens is 1. The van der Waals surface area contributed by atoms with E-state index in [1.54, 1.807) is 12.5 Å². The highest BCUT2D eigenvalue weighted by molar-refractivity contribution is 5.67. The lowest BCUT2D eigenvalue weighted by molar-refractivity contribution is -0.154. The second kappa shape index (κ2) is 8.87. The van der Waals surface area contributed by atoms with Gasteiger partial charge in [0, 0.05) is 30.8 Å². The van der Waals surface area contributed by atoms with Crippen LogP contribution in [0.4, 0.5) is 0 Å². The Balaban J connectivity index is 1.30.